The molecule has 2 aromatic rings. The summed E-state index contributed by atoms with van der Waals surface area (Å²) in [4.78, 5) is 8.46. The van der Waals surface area contributed by atoms with E-state index in [1.165, 1.54) is 0 Å². The van der Waals surface area contributed by atoms with Crippen molar-refractivity contribution in [2.45, 2.75) is 20.4 Å². The summed E-state index contributed by atoms with van der Waals surface area (Å²) in [6.45, 7) is 5.39. The Morgan fingerprint density at radius 2 is 1.94 bits per heavy atom. The van der Waals surface area contributed by atoms with Gasteiger partial charge in [-0.1, -0.05) is 0 Å². The van der Waals surface area contributed by atoms with Crippen molar-refractivity contribution in [1.82, 2.24) is 9.97 Å². The molecule has 0 unspecified atom stereocenters. The maximum Gasteiger partial charge on any atom is 0.147 e. The van der Waals surface area contributed by atoms with Gasteiger partial charge in [0.15, 0.2) is 0 Å². The number of anilines is 2. The molecule has 2 N–H and O–H groups in total. The first kappa shape index (κ1) is 11.4. The normalized spacial score (nSPS) is 10.2. The maximum absolute atomic E-state index is 5.46. The minimum Gasteiger partial charge on any atom is -0.465 e. The molecule has 17 heavy (non-hydrogen) atoms. The van der Waals surface area contributed by atoms with Gasteiger partial charge in [-0.15, -0.1) is 0 Å². The quantitative estimate of drug-likeness (QED) is 0.829. The monoisotopic (exact) mass is 232 g/mol. The van der Waals surface area contributed by atoms with E-state index in [9.17, 15) is 0 Å². The summed E-state index contributed by atoms with van der Waals surface area (Å²) in [6.07, 6.45) is 3.39. The summed E-state index contributed by atoms with van der Waals surface area (Å²) in [5, 5.41) is 6.28. The second kappa shape index (κ2) is 5.34. The average Bonchev–Trinajstić information content (AvgIpc) is 2.74. The van der Waals surface area contributed by atoms with Gasteiger partial charge in [0.05, 0.1) is 18.9 Å². The van der Waals surface area contributed by atoms with Crippen LogP contribution in [0.1, 0.15) is 18.4 Å². The molecule has 0 aromatic carbocycles. The van der Waals surface area contributed by atoms with Gasteiger partial charge in [0.25, 0.3) is 0 Å². The summed E-state index contributed by atoms with van der Waals surface area (Å²) >= 11 is 0. The predicted octanol–water partition coefficient (Wildman–Crippen LogP) is 2.42. The van der Waals surface area contributed by atoms with Crippen molar-refractivity contribution in [1.29, 1.82) is 0 Å². The highest BCUT2D eigenvalue weighted by atomic mass is 16.3. The van der Waals surface area contributed by atoms with E-state index in [2.05, 4.69) is 20.6 Å². The van der Waals surface area contributed by atoms with Gasteiger partial charge in [-0.05, 0) is 26.0 Å². The Bertz CT molecular complexity index is 481. The minimum absolute atomic E-state index is 0.609. The summed E-state index contributed by atoms with van der Waals surface area (Å²) in [5.41, 5.74) is 0. The molecular formula is C12H16N4O. The number of nitrogens with zero attached hydrogens (tertiary/aromatic N) is 2. The molecule has 0 fully saturated rings. The fraction of sp³-hybridized carbons (Fsp3) is 0.333. The molecule has 0 saturated carbocycles. The molecule has 90 valence electrons. The van der Waals surface area contributed by atoms with E-state index in [0.717, 1.165) is 29.7 Å². The molecule has 0 atom stereocenters. The van der Waals surface area contributed by atoms with Crippen LogP contribution in [0.2, 0.25) is 0 Å². The molecule has 2 aromatic heterocycles. The van der Waals surface area contributed by atoms with Gasteiger partial charge in [0.1, 0.15) is 23.2 Å². The van der Waals surface area contributed by atoms with Crippen LogP contribution < -0.4 is 10.6 Å². The number of aromatic nitrogens is 2. The molecule has 0 aliphatic rings. The second-order valence-electron chi connectivity index (χ2n) is 3.69. The highest BCUT2D eigenvalue weighted by molar-refractivity contribution is 5.41. The second-order valence-corrected chi connectivity index (χ2v) is 3.69. The van der Waals surface area contributed by atoms with Gasteiger partial charge < -0.3 is 15.1 Å². The third kappa shape index (κ3) is 3.21. The van der Waals surface area contributed by atoms with E-state index in [4.69, 9.17) is 4.42 Å². The Labute approximate surface area is 100 Å². The largest absolute Gasteiger partial charge is 0.465 e. The summed E-state index contributed by atoms with van der Waals surface area (Å²) in [6, 6.07) is 3.89. The van der Waals surface area contributed by atoms with Crippen LogP contribution >= 0.6 is 0 Å². The minimum atomic E-state index is 0.609. The molecule has 0 bridgehead atoms. The van der Waals surface area contributed by atoms with Gasteiger partial charge in [0, 0.05) is 6.54 Å². The lowest BCUT2D eigenvalue weighted by atomic mass is 10.4. The van der Waals surface area contributed by atoms with Crippen LogP contribution in [0.5, 0.6) is 0 Å². The molecule has 2 heterocycles. The Morgan fingerprint density at radius 1 is 1.18 bits per heavy atom. The number of furan rings is 1. The van der Waals surface area contributed by atoms with E-state index in [1.54, 1.807) is 12.4 Å². The van der Waals surface area contributed by atoms with Crippen LogP contribution in [-0.2, 0) is 6.54 Å². The van der Waals surface area contributed by atoms with Crippen LogP contribution in [-0.4, -0.2) is 16.5 Å². The Balaban J connectivity index is 1.96. The summed E-state index contributed by atoms with van der Waals surface area (Å²) in [7, 11) is 0. The van der Waals surface area contributed by atoms with Crippen LogP contribution in [0, 0.1) is 6.92 Å². The van der Waals surface area contributed by atoms with Crippen LogP contribution in [0.15, 0.2) is 28.9 Å². The molecule has 5 nitrogen and oxygen atoms in total. The standard InChI is InChI=1S/C12H16N4O/c1-3-14-11-7-13-8-12(16-11)15-6-10-5-4-9(2)17-10/h4-5,7-8H,3,6H2,1-2H3,(H2,14,15,16). The lowest BCUT2D eigenvalue weighted by Crippen LogP contribution is -2.04. The SMILES string of the molecule is CCNc1cncc(NCc2ccc(C)o2)n1. The van der Waals surface area contributed by atoms with Gasteiger partial charge in [-0.2, -0.15) is 0 Å². The highest BCUT2D eigenvalue weighted by Gasteiger charge is 2.00. The van der Waals surface area contributed by atoms with E-state index in [1.807, 2.05) is 26.0 Å². The fourth-order valence-electron chi connectivity index (χ4n) is 1.48. The van der Waals surface area contributed by atoms with Crippen molar-refractivity contribution in [3.05, 3.63) is 36.0 Å². The highest BCUT2D eigenvalue weighted by Crippen LogP contribution is 2.10. The third-order valence-corrected chi connectivity index (χ3v) is 2.23. The van der Waals surface area contributed by atoms with Crippen LogP contribution in [0.3, 0.4) is 0 Å². The van der Waals surface area contributed by atoms with Crippen molar-refractivity contribution in [2.24, 2.45) is 0 Å². The smallest absolute Gasteiger partial charge is 0.147 e. The van der Waals surface area contributed by atoms with Gasteiger partial charge >= 0.3 is 0 Å². The number of aryl methyl sites for hydroxylation is 1. The molecule has 0 aliphatic heterocycles. The van der Waals surface area contributed by atoms with E-state index < -0.39 is 0 Å². The van der Waals surface area contributed by atoms with Crippen molar-refractivity contribution in [2.75, 3.05) is 17.2 Å². The van der Waals surface area contributed by atoms with Gasteiger partial charge in [-0.25, -0.2) is 4.98 Å². The summed E-state index contributed by atoms with van der Waals surface area (Å²) in [5.74, 6) is 3.30. The zero-order chi connectivity index (χ0) is 12.1. The van der Waals surface area contributed by atoms with E-state index >= 15 is 0 Å². The number of nitrogens with one attached hydrogen (secondary N) is 2. The molecule has 5 heteroatoms. The zero-order valence-corrected chi connectivity index (χ0v) is 10.0. The average molecular weight is 232 g/mol. The van der Waals surface area contributed by atoms with Gasteiger partial charge in [-0.3, -0.25) is 4.98 Å². The summed E-state index contributed by atoms with van der Waals surface area (Å²) < 4.78 is 5.46. The first-order valence-electron chi connectivity index (χ1n) is 5.63. The Kier molecular flexibility index (Phi) is 3.59. The predicted molar refractivity (Wildman–Crippen MR) is 67.0 cm³/mol. The zero-order valence-electron chi connectivity index (χ0n) is 10.0. The van der Waals surface area contributed by atoms with Crippen molar-refractivity contribution < 1.29 is 4.42 Å². The van der Waals surface area contributed by atoms with Crippen LogP contribution in [0.25, 0.3) is 0 Å². The van der Waals surface area contributed by atoms with Crippen molar-refractivity contribution in [3.63, 3.8) is 0 Å². The Hall–Kier alpha value is -2.04. The lowest BCUT2D eigenvalue weighted by molar-refractivity contribution is 0.490. The molecule has 0 spiro atoms. The third-order valence-electron chi connectivity index (χ3n) is 2.23. The molecule has 0 radical (unpaired) electrons. The van der Waals surface area contributed by atoms with Crippen molar-refractivity contribution >= 4 is 11.6 Å². The van der Waals surface area contributed by atoms with E-state index in [-0.39, 0.29) is 0 Å². The number of rotatable bonds is 5. The number of hydrogen-bond donors (Lipinski definition) is 2. The molecule has 0 saturated heterocycles. The first-order valence-corrected chi connectivity index (χ1v) is 5.63. The molecule has 0 aliphatic carbocycles. The fourth-order valence-corrected chi connectivity index (χ4v) is 1.48. The topological polar surface area (TPSA) is 63.0 Å². The molecule has 0 amide bonds. The molecular weight excluding hydrogens is 216 g/mol. The lowest BCUT2D eigenvalue weighted by Gasteiger charge is -2.06. The maximum atomic E-state index is 5.46. The first-order chi connectivity index (χ1) is 8.28. The Morgan fingerprint density at radius 3 is 2.59 bits per heavy atom. The van der Waals surface area contributed by atoms with Gasteiger partial charge in [0.2, 0.25) is 0 Å². The number of hydrogen-bond acceptors (Lipinski definition) is 5. The van der Waals surface area contributed by atoms with Crippen molar-refractivity contribution in [3.8, 4) is 0 Å². The van der Waals surface area contributed by atoms with Crippen LogP contribution in [0.4, 0.5) is 11.6 Å². The van der Waals surface area contributed by atoms with E-state index in [0.29, 0.717) is 6.54 Å². The molecule has 2 rings (SSSR count).